The summed E-state index contributed by atoms with van der Waals surface area (Å²) in [5.41, 5.74) is 0. The molecule has 4 heteroatoms. The van der Waals surface area contributed by atoms with Gasteiger partial charge in [-0.2, -0.15) is 0 Å². The van der Waals surface area contributed by atoms with E-state index in [1.807, 2.05) is 6.92 Å². The smallest absolute Gasteiger partial charge is 0.220 e. The minimum atomic E-state index is 0.00101. The first-order chi connectivity index (χ1) is 12.1. The predicted octanol–water partition coefficient (Wildman–Crippen LogP) is 5.11. The Morgan fingerprint density at radius 3 is 1.64 bits per heavy atom. The summed E-state index contributed by atoms with van der Waals surface area (Å²) in [7, 11) is 0. The first-order valence-electron chi connectivity index (χ1n) is 10.7. The van der Waals surface area contributed by atoms with E-state index in [9.17, 15) is 9.59 Å². The van der Waals surface area contributed by atoms with Gasteiger partial charge >= 0.3 is 0 Å². The van der Waals surface area contributed by atoms with Crippen molar-refractivity contribution in [3.8, 4) is 0 Å². The minimum Gasteiger partial charge on any atom is -0.354 e. The second kappa shape index (κ2) is 17.8. The number of rotatable bonds is 17. The molecule has 25 heavy (non-hydrogen) atoms. The molecule has 148 valence electrons. The molecule has 0 aromatic rings. The van der Waals surface area contributed by atoms with Crippen LogP contribution in [0.1, 0.15) is 111 Å². The van der Waals surface area contributed by atoms with Gasteiger partial charge in [0.25, 0.3) is 0 Å². The second-order valence-electron chi connectivity index (χ2n) is 7.31. The van der Waals surface area contributed by atoms with E-state index < -0.39 is 0 Å². The molecule has 0 rings (SSSR count). The molecule has 1 unspecified atom stereocenters. The van der Waals surface area contributed by atoms with Crippen LogP contribution >= 0.6 is 0 Å². The highest BCUT2D eigenvalue weighted by Crippen LogP contribution is 2.07. The molecule has 2 N–H and O–H groups in total. The average Bonchev–Trinajstić information content (AvgIpc) is 2.59. The molecule has 1 atom stereocenters. The summed E-state index contributed by atoms with van der Waals surface area (Å²) < 4.78 is 0. The van der Waals surface area contributed by atoms with Crippen molar-refractivity contribution in [3.05, 3.63) is 0 Å². The Labute approximate surface area is 155 Å². The molecule has 0 aromatic carbocycles. The van der Waals surface area contributed by atoms with Gasteiger partial charge in [-0.3, -0.25) is 9.59 Å². The summed E-state index contributed by atoms with van der Waals surface area (Å²) in [6.07, 6.45) is 15.5. The molecule has 0 aliphatic heterocycles. The van der Waals surface area contributed by atoms with E-state index in [0.717, 1.165) is 25.7 Å². The van der Waals surface area contributed by atoms with Gasteiger partial charge in [0, 0.05) is 25.4 Å². The van der Waals surface area contributed by atoms with Crippen molar-refractivity contribution in [1.29, 1.82) is 0 Å². The molecule has 0 aliphatic carbocycles. The first-order valence-corrected chi connectivity index (χ1v) is 10.7. The zero-order valence-corrected chi connectivity index (χ0v) is 17.0. The van der Waals surface area contributed by atoms with E-state index in [2.05, 4.69) is 24.5 Å². The summed E-state index contributed by atoms with van der Waals surface area (Å²) in [5, 5.41) is 5.90. The van der Waals surface area contributed by atoms with Crippen molar-refractivity contribution in [2.24, 2.45) is 0 Å². The van der Waals surface area contributed by atoms with Crippen molar-refractivity contribution >= 4 is 11.8 Å². The quantitative estimate of drug-likeness (QED) is 0.357. The second-order valence-corrected chi connectivity index (χ2v) is 7.31. The number of amides is 2. The van der Waals surface area contributed by atoms with Gasteiger partial charge in [-0.1, -0.05) is 78.1 Å². The molecule has 0 aliphatic rings. The monoisotopic (exact) mass is 354 g/mol. The molecule has 0 aromatic heterocycles. The van der Waals surface area contributed by atoms with Gasteiger partial charge in [0.1, 0.15) is 0 Å². The normalized spacial score (nSPS) is 12.0. The van der Waals surface area contributed by atoms with E-state index in [0.29, 0.717) is 19.4 Å². The summed E-state index contributed by atoms with van der Waals surface area (Å²) in [6.45, 7) is 6.89. The maximum atomic E-state index is 11.9. The highest BCUT2D eigenvalue weighted by Gasteiger charge is 2.08. The van der Waals surface area contributed by atoms with Crippen molar-refractivity contribution in [2.45, 2.75) is 117 Å². The Hall–Kier alpha value is -1.06. The van der Waals surface area contributed by atoms with Crippen LogP contribution in [-0.2, 0) is 9.59 Å². The largest absolute Gasteiger partial charge is 0.354 e. The number of hydrogen-bond donors (Lipinski definition) is 2. The molecule has 0 saturated heterocycles. The van der Waals surface area contributed by atoms with Crippen LogP contribution in [-0.4, -0.2) is 24.4 Å². The van der Waals surface area contributed by atoms with Crippen molar-refractivity contribution < 1.29 is 9.59 Å². The number of unbranched alkanes of at least 4 members (excludes halogenated alkanes) is 10. The number of carbonyl (C=O) groups is 2. The van der Waals surface area contributed by atoms with Crippen LogP contribution in [0.15, 0.2) is 0 Å². The lowest BCUT2D eigenvalue weighted by molar-refractivity contribution is -0.123. The molecular weight excluding hydrogens is 312 g/mol. The van der Waals surface area contributed by atoms with Crippen LogP contribution in [0.3, 0.4) is 0 Å². The molecule has 0 saturated carbocycles. The zero-order chi connectivity index (χ0) is 18.8. The Morgan fingerprint density at radius 2 is 1.12 bits per heavy atom. The van der Waals surface area contributed by atoms with Crippen LogP contribution in [0.2, 0.25) is 0 Å². The van der Waals surface area contributed by atoms with Gasteiger partial charge in [0.2, 0.25) is 11.8 Å². The highest BCUT2D eigenvalue weighted by molar-refractivity contribution is 5.77. The maximum Gasteiger partial charge on any atom is 0.220 e. The Kier molecular flexibility index (Phi) is 17.0. The Bertz CT molecular complexity index is 332. The lowest BCUT2D eigenvalue weighted by Gasteiger charge is -2.15. The maximum absolute atomic E-state index is 11.9. The van der Waals surface area contributed by atoms with Crippen LogP contribution in [0.4, 0.5) is 0 Å². The fraction of sp³-hybridized carbons (Fsp3) is 0.905. The molecule has 0 bridgehead atoms. The lowest BCUT2D eigenvalue weighted by Crippen LogP contribution is -2.41. The molecule has 0 heterocycles. The third-order valence-corrected chi connectivity index (χ3v) is 4.53. The van der Waals surface area contributed by atoms with Gasteiger partial charge in [-0.15, -0.1) is 0 Å². The molecule has 0 fully saturated rings. The summed E-state index contributed by atoms with van der Waals surface area (Å²) in [6, 6.07) is 0.00101. The van der Waals surface area contributed by atoms with Gasteiger partial charge in [0.15, 0.2) is 0 Å². The molecule has 4 nitrogen and oxygen atoms in total. The highest BCUT2D eigenvalue weighted by atomic mass is 16.2. The molecule has 0 radical (unpaired) electrons. The SMILES string of the molecule is CCCCCCCCC(=O)NCC(C)NC(=O)CCCCCCCC. The summed E-state index contributed by atoms with van der Waals surface area (Å²) in [4.78, 5) is 23.7. The van der Waals surface area contributed by atoms with Crippen molar-refractivity contribution in [3.63, 3.8) is 0 Å². The van der Waals surface area contributed by atoms with E-state index in [1.165, 1.54) is 51.4 Å². The Balaban J connectivity index is 3.52. The van der Waals surface area contributed by atoms with Crippen LogP contribution in [0.25, 0.3) is 0 Å². The number of nitrogens with one attached hydrogen (secondary N) is 2. The first kappa shape index (κ1) is 23.9. The Morgan fingerprint density at radius 1 is 0.680 bits per heavy atom. The van der Waals surface area contributed by atoms with E-state index >= 15 is 0 Å². The standard InChI is InChI=1S/C21H42N2O2/c1-4-6-8-10-12-14-16-20(24)22-18-19(3)23-21(25)17-15-13-11-9-7-5-2/h19H,4-18H2,1-3H3,(H,22,24)(H,23,25). The molecule has 0 spiro atoms. The van der Waals surface area contributed by atoms with E-state index in [-0.39, 0.29) is 17.9 Å². The average molecular weight is 355 g/mol. The van der Waals surface area contributed by atoms with Gasteiger partial charge < -0.3 is 10.6 Å². The topological polar surface area (TPSA) is 58.2 Å². The van der Waals surface area contributed by atoms with Crippen LogP contribution in [0, 0.1) is 0 Å². The number of carbonyl (C=O) groups excluding carboxylic acids is 2. The third-order valence-electron chi connectivity index (χ3n) is 4.53. The van der Waals surface area contributed by atoms with Gasteiger partial charge in [-0.25, -0.2) is 0 Å². The predicted molar refractivity (Wildman–Crippen MR) is 107 cm³/mol. The van der Waals surface area contributed by atoms with Gasteiger partial charge in [-0.05, 0) is 19.8 Å². The van der Waals surface area contributed by atoms with Crippen LogP contribution < -0.4 is 10.6 Å². The van der Waals surface area contributed by atoms with E-state index in [1.54, 1.807) is 0 Å². The van der Waals surface area contributed by atoms with E-state index in [4.69, 9.17) is 0 Å². The van der Waals surface area contributed by atoms with Crippen molar-refractivity contribution in [1.82, 2.24) is 10.6 Å². The summed E-state index contributed by atoms with van der Waals surface area (Å²) >= 11 is 0. The lowest BCUT2D eigenvalue weighted by atomic mass is 10.1. The van der Waals surface area contributed by atoms with Crippen LogP contribution in [0.5, 0.6) is 0 Å². The van der Waals surface area contributed by atoms with Crippen molar-refractivity contribution in [2.75, 3.05) is 6.54 Å². The molecular formula is C21H42N2O2. The minimum absolute atomic E-state index is 0.00101. The fourth-order valence-electron chi connectivity index (χ4n) is 2.89. The zero-order valence-electron chi connectivity index (χ0n) is 17.0. The summed E-state index contributed by atoms with van der Waals surface area (Å²) in [5.74, 6) is 0.209. The number of hydrogen-bond acceptors (Lipinski definition) is 2. The fourth-order valence-corrected chi connectivity index (χ4v) is 2.89. The van der Waals surface area contributed by atoms with Gasteiger partial charge in [0.05, 0.1) is 0 Å². The molecule has 2 amide bonds. The third kappa shape index (κ3) is 17.6.